The first kappa shape index (κ1) is 14.7. The summed E-state index contributed by atoms with van der Waals surface area (Å²) >= 11 is 0. The lowest BCUT2D eigenvalue weighted by Gasteiger charge is -2.14. The minimum atomic E-state index is -0.204. The fourth-order valence-electron chi connectivity index (χ4n) is 1.96. The molecule has 1 N–H and O–H groups in total. The zero-order chi connectivity index (χ0) is 13.6. The number of aryl methyl sites for hydroxylation is 2. The normalized spacial score (nSPS) is 11.5. The van der Waals surface area contributed by atoms with E-state index < -0.39 is 0 Å². The van der Waals surface area contributed by atoms with Gasteiger partial charge < -0.3 is 5.32 Å². The second-order valence-corrected chi connectivity index (χ2v) is 5.40. The minimum absolute atomic E-state index is 0.204. The van der Waals surface area contributed by atoms with E-state index in [1.54, 1.807) is 0 Å². The van der Waals surface area contributed by atoms with Gasteiger partial charge in [-0.3, -0.25) is 4.68 Å². The van der Waals surface area contributed by atoms with Crippen LogP contribution in [0.25, 0.3) is 0 Å². The Labute approximate surface area is 110 Å². The average molecular weight is 248 g/mol. The molecule has 0 unspecified atom stereocenters. The SMILES string of the molecule is CCc1nn(C)cc1CNCCCC(C)(C)C#N. The van der Waals surface area contributed by atoms with E-state index in [1.807, 2.05) is 25.6 Å². The highest BCUT2D eigenvalue weighted by Crippen LogP contribution is 2.19. The first-order valence-electron chi connectivity index (χ1n) is 6.62. The molecule has 0 saturated heterocycles. The van der Waals surface area contributed by atoms with Gasteiger partial charge in [-0.2, -0.15) is 10.4 Å². The lowest BCUT2D eigenvalue weighted by atomic mass is 9.90. The summed E-state index contributed by atoms with van der Waals surface area (Å²) in [5.74, 6) is 0. The second-order valence-electron chi connectivity index (χ2n) is 5.40. The highest BCUT2D eigenvalue weighted by Gasteiger charge is 2.15. The van der Waals surface area contributed by atoms with Crippen LogP contribution in [0.4, 0.5) is 0 Å². The van der Waals surface area contributed by atoms with Crippen LogP contribution in [0, 0.1) is 16.7 Å². The number of hydrogen-bond donors (Lipinski definition) is 1. The molecule has 4 heteroatoms. The fraction of sp³-hybridized carbons (Fsp3) is 0.714. The highest BCUT2D eigenvalue weighted by molar-refractivity contribution is 5.16. The van der Waals surface area contributed by atoms with Crippen LogP contribution in [-0.2, 0) is 20.0 Å². The molecule has 0 radical (unpaired) electrons. The number of nitriles is 1. The van der Waals surface area contributed by atoms with Crippen molar-refractivity contribution < 1.29 is 0 Å². The summed E-state index contributed by atoms with van der Waals surface area (Å²) in [6.07, 6.45) is 5.01. The quantitative estimate of drug-likeness (QED) is 0.754. The molecular formula is C14H24N4. The summed E-state index contributed by atoms with van der Waals surface area (Å²) in [5.41, 5.74) is 2.24. The van der Waals surface area contributed by atoms with Crippen molar-refractivity contribution in [1.82, 2.24) is 15.1 Å². The number of aromatic nitrogens is 2. The van der Waals surface area contributed by atoms with Crippen LogP contribution in [0.5, 0.6) is 0 Å². The van der Waals surface area contributed by atoms with Crippen molar-refractivity contribution in [2.45, 2.75) is 46.6 Å². The predicted molar refractivity (Wildman–Crippen MR) is 72.9 cm³/mol. The Kier molecular flexibility index (Phi) is 5.36. The number of hydrogen-bond acceptors (Lipinski definition) is 3. The number of nitrogens with one attached hydrogen (secondary N) is 1. The highest BCUT2D eigenvalue weighted by atomic mass is 15.3. The Balaban J connectivity index is 2.28. The Morgan fingerprint density at radius 3 is 2.83 bits per heavy atom. The van der Waals surface area contributed by atoms with Crippen LogP contribution in [0.3, 0.4) is 0 Å². The largest absolute Gasteiger partial charge is 0.313 e. The third-order valence-corrected chi connectivity index (χ3v) is 3.10. The first-order chi connectivity index (χ1) is 8.48. The molecule has 0 amide bonds. The maximum absolute atomic E-state index is 8.92. The summed E-state index contributed by atoms with van der Waals surface area (Å²) in [7, 11) is 1.96. The molecule has 0 spiro atoms. The Bertz CT molecular complexity index is 412. The van der Waals surface area contributed by atoms with Gasteiger partial charge in [0.25, 0.3) is 0 Å². The van der Waals surface area contributed by atoms with E-state index in [0.29, 0.717) is 0 Å². The molecule has 1 aromatic heterocycles. The van der Waals surface area contributed by atoms with Gasteiger partial charge in [0.2, 0.25) is 0 Å². The van der Waals surface area contributed by atoms with Gasteiger partial charge in [-0.25, -0.2) is 0 Å². The summed E-state index contributed by atoms with van der Waals surface area (Å²) in [4.78, 5) is 0. The third-order valence-electron chi connectivity index (χ3n) is 3.10. The lowest BCUT2D eigenvalue weighted by Crippen LogP contribution is -2.18. The Hall–Kier alpha value is -1.34. The van der Waals surface area contributed by atoms with Gasteiger partial charge >= 0.3 is 0 Å². The predicted octanol–water partition coefficient (Wildman–Crippen LogP) is 2.40. The molecular weight excluding hydrogens is 224 g/mol. The van der Waals surface area contributed by atoms with Crippen molar-refractivity contribution in [1.29, 1.82) is 5.26 Å². The van der Waals surface area contributed by atoms with Crippen LogP contribution in [0.2, 0.25) is 0 Å². The van der Waals surface area contributed by atoms with Gasteiger partial charge in [-0.15, -0.1) is 0 Å². The van der Waals surface area contributed by atoms with E-state index in [0.717, 1.165) is 32.4 Å². The molecule has 1 aromatic rings. The van der Waals surface area contributed by atoms with Crippen LogP contribution in [0.1, 0.15) is 44.9 Å². The van der Waals surface area contributed by atoms with Crippen molar-refractivity contribution in [3.05, 3.63) is 17.5 Å². The number of nitrogens with zero attached hydrogens (tertiary/aromatic N) is 3. The molecule has 18 heavy (non-hydrogen) atoms. The standard InChI is InChI=1S/C14H24N4/c1-5-13-12(10-18(4)17-13)9-16-8-6-7-14(2,3)11-15/h10,16H,5-9H2,1-4H3. The van der Waals surface area contributed by atoms with E-state index in [4.69, 9.17) is 5.26 Å². The fourth-order valence-corrected chi connectivity index (χ4v) is 1.96. The van der Waals surface area contributed by atoms with Crippen molar-refractivity contribution in [2.75, 3.05) is 6.54 Å². The van der Waals surface area contributed by atoms with Crippen molar-refractivity contribution in [3.8, 4) is 6.07 Å². The molecule has 0 aliphatic heterocycles. The summed E-state index contributed by atoms with van der Waals surface area (Å²) in [5, 5.41) is 16.8. The first-order valence-corrected chi connectivity index (χ1v) is 6.62. The zero-order valence-electron chi connectivity index (χ0n) is 12.0. The van der Waals surface area contributed by atoms with Gasteiger partial charge in [-0.05, 0) is 39.7 Å². The van der Waals surface area contributed by atoms with Gasteiger partial charge in [0, 0.05) is 25.4 Å². The van der Waals surface area contributed by atoms with E-state index in [9.17, 15) is 0 Å². The van der Waals surface area contributed by atoms with Crippen LogP contribution in [-0.4, -0.2) is 16.3 Å². The topological polar surface area (TPSA) is 53.6 Å². The maximum atomic E-state index is 8.92. The summed E-state index contributed by atoms with van der Waals surface area (Å²) in [6, 6.07) is 2.33. The molecule has 100 valence electrons. The van der Waals surface area contributed by atoms with E-state index in [-0.39, 0.29) is 5.41 Å². The van der Waals surface area contributed by atoms with Gasteiger partial charge in [0.05, 0.1) is 17.2 Å². The number of rotatable bonds is 7. The molecule has 1 heterocycles. The molecule has 1 rings (SSSR count). The van der Waals surface area contributed by atoms with Gasteiger partial charge in [0.15, 0.2) is 0 Å². The maximum Gasteiger partial charge on any atom is 0.0683 e. The lowest BCUT2D eigenvalue weighted by molar-refractivity contribution is 0.425. The average Bonchev–Trinajstić information content (AvgIpc) is 2.69. The molecule has 0 aliphatic rings. The van der Waals surface area contributed by atoms with Gasteiger partial charge in [-0.1, -0.05) is 6.92 Å². The van der Waals surface area contributed by atoms with Crippen LogP contribution >= 0.6 is 0 Å². The van der Waals surface area contributed by atoms with E-state index >= 15 is 0 Å². The Morgan fingerprint density at radius 1 is 1.50 bits per heavy atom. The van der Waals surface area contributed by atoms with Crippen LogP contribution < -0.4 is 5.32 Å². The van der Waals surface area contributed by atoms with E-state index in [1.165, 1.54) is 11.3 Å². The van der Waals surface area contributed by atoms with E-state index in [2.05, 4.69) is 29.6 Å². The van der Waals surface area contributed by atoms with Crippen LogP contribution in [0.15, 0.2) is 6.20 Å². The molecule has 0 aromatic carbocycles. The van der Waals surface area contributed by atoms with Crippen molar-refractivity contribution in [3.63, 3.8) is 0 Å². The second kappa shape index (κ2) is 6.55. The summed E-state index contributed by atoms with van der Waals surface area (Å²) in [6.45, 7) is 7.92. The molecule has 0 fully saturated rings. The Morgan fingerprint density at radius 2 is 2.22 bits per heavy atom. The summed E-state index contributed by atoms with van der Waals surface area (Å²) < 4.78 is 1.87. The van der Waals surface area contributed by atoms with Crippen molar-refractivity contribution >= 4 is 0 Å². The van der Waals surface area contributed by atoms with Gasteiger partial charge in [0.1, 0.15) is 0 Å². The third kappa shape index (κ3) is 4.50. The molecule has 4 nitrogen and oxygen atoms in total. The smallest absolute Gasteiger partial charge is 0.0683 e. The monoisotopic (exact) mass is 248 g/mol. The molecule has 0 aliphatic carbocycles. The zero-order valence-corrected chi connectivity index (χ0v) is 12.0. The van der Waals surface area contributed by atoms with Crippen molar-refractivity contribution in [2.24, 2.45) is 12.5 Å². The molecule has 0 atom stereocenters. The molecule has 0 saturated carbocycles. The molecule has 0 bridgehead atoms. The minimum Gasteiger partial charge on any atom is -0.313 e.